The first-order chi connectivity index (χ1) is 9.17. The second-order valence-corrected chi connectivity index (χ2v) is 4.50. The summed E-state index contributed by atoms with van der Waals surface area (Å²) < 4.78 is 1.68. The van der Waals surface area contributed by atoms with E-state index in [4.69, 9.17) is 10.4 Å². The first-order valence-corrected chi connectivity index (χ1v) is 6.19. The summed E-state index contributed by atoms with van der Waals surface area (Å²) >= 11 is 0. The zero-order chi connectivity index (χ0) is 13.8. The lowest BCUT2D eigenvalue weighted by Crippen LogP contribution is -2.04. The molecule has 0 atom stereocenters. The van der Waals surface area contributed by atoms with Crippen LogP contribution in [0.5, 0.6) is 0 Å². The zero-order valence-electron chi connectivity index (χ0n) is 11.1. The van der Waals surface area contributed by atoms with Gasteiger partial charge >= 0.3 is 0 Å². The topological polar surface area (TPSA) is 74.7 Å². The summed E-state index contributed by atoms with van der Waals surface area (Å²) in [7, 11) is 0. The molecule has 0 bridgehead atoms. The Morgan fingerprint density at radius 3 is 2.74 bits per heavy atom. The molecule has 1 N–H and O–H groups in total. The largest absolute Gasteiger partial charge is 0.396 e. The van der Waals surface area contributed by atoms with Crippen molar-refractivity contribution in [3.8, 4) is 17.3 Å². The fraction of sp³-hybridized carbons (Fsp3) is 0.357. The Hall–Kier alpha value is -2.19. The highest BCUT2D eigenvalue weighted by molar-refractivity contribution is 5.66. The Kier molecular flexibility index (Phi) is 3.93. The van der Waals surface area contributed by atoms with Crippen molar-refractivity contribution in [2.75, 3.05) is 6.61 Å². The Morgan fingerprint density at radius 2 is 2.11 bits per heavy atom. The Balaban J connectivity index is 2.49. The van der Waals surface area contributed by atoms with Crippen LogP contribution in [0.2, 0.25) is 0 Å². The molecule has 0 saturated carbocycles. The molecular weight excluding hydrogens is 240 g/mol. The number of hydrogen-bond donors (Lipinski definition) is 1. The van der Waals surface area contributed by atoms with Crippen LogP contribution in [0.1, 0.15) is 23.2 Å². The van der Waals surface area contributed by atoms with Crippen LogP contribution in [-0.2, 0) is 6.54 Å². The van der Waals surface area contributed by atoms with Crippen LogP contribution >= 0.6 is 0 Å². The second-order valence-electron chi connectivity index (χ2n) is 4.50. The van der Waals surface area contributed by atoms with Crippen molar-refractivity contribution in [3.63, 3.8) is 0 Å². The number of benzene rings is 1. The van der Waals surface area contributed by atoms with E-state index >= 15 is 0 Å². The van der Waals surface area contributed by atoms with Crippen LogP contribution in [0.4, 0.5) is 0 Å². The number of nitrogens with zero attached hydrogens (tertiary/aromatic N) is 4. The Labute approximate surface area is 112 Å². The van der Waals surface area contributed by atoms with E-state index in [0.29, 0.717) is 18.7 Å². The lowest BCUT2D eigenvalue weighted by molar-refractivity contribution is 0.276. The maximum absolute atomic E-state index is 9.13. The van der Waals surface area contributed by atoms with E-state index in [2.05, 4.69) is 16.4 Å². The van der Waals surface area contributed by atoms with E-state index in [9.17, 15) is 0 Å². The smallest absolute Gasteiger partial charge is 0.190 e. The number of rotatable bonds is 4. The minimum Gasteiger partial charge on any atom is -0.396 e. The van der Waals surface area contributed by atoms with Crippen LogP contribution in [0.3, 0.4) is 0 Å². The summed E-state index contributed by atoms with van der Waals surface area (Å²) in [5.41, 5.74) is 4.34. The van der Waals surface area contributed by atoms with E-state index in [1.54, 1.807) is 4.68 Å². The van der Waals surface area contributed by atoms with Gasteiger partial charge in [0.1, 0.15) is 11.8 Å². The lowest BCUT2D eigenvalue weighted by Gasteiger charge is -2.08. The van der Waals surface area contributed by atoms with E-state index in [1.165, 1.54) is 5.56 Å². The van der Waals surface area contributed by atoms with Gasteiger partial charge in [0.25, 0.3) is 0 Å². The average molecular weight is 256 g/mol. The minimum atomic E-state index is 0.0914. The number of nitriles is 1. The van der Waals surface area contributed by atoms with Gasteiger partial charge in [-0.1, -0.05) is 17.3 Å². The average Bonchev–Trinajstić information content (AvgIpc) is 2.82. The van der Waals surface area contributed by atoms with Crippen LogP contribution in [0.25, 0.3) is 11.3 Å². The molecule has 1 aromatic heterocycles. The Bertz CT molecular complexity index is 625. The molecule has 0 aliphatic heterocycles. The monoisotopic (exact) mass is 256 g/mol. The van der Waals surface area contributed by atoms with Crippen LogP contribution in [-0.4, -0.2) is 26.7 Å². The maximum atomic E-state index is 9.13. The van der Waals surface area contributed by atoms with Crippen LogP contribution in [0.15, 0.2) is 18.2 Å². The van der Waals surface area contributed by atoms with Gasteiger partial charge in [0.15, 0.2) is 5.69 Å². The third kappa shape index (κ3) is 2.64. The van der Waals surface area contributed by atoms with E-state index in [-0.39, 0.29) is 6.61 Å². The molecule has 0 saturated heterocycles. The molecule has 5 heteroatoms. The third-order valence-corrected chi connectivity index (χ3v) is 3.15. The third-order valence-electron chi connectivity index (χ3n) is 3.15. The molecule has 98 valence electrons. The van der Waals surface area contributed by atoms with Crippen LogP contribution < -0.4 is 0 Å². The second kappa shape index (κ2) is 5.63. The van der Waals surface area contributed by atoms with Gasteiger partial charge in [-0.3, -0.25) is 0 Å². The quantitative estimate of drug-likeness (QED) is 0.905. The van der Waals surface area contributed by atoms with Crippen molar-refractivity contribution >= 4 is 0 Å². The van der Waals surface area contributed by atoms with Crippen molar-refractivity contribution in [2.24, 2.45) is 0 Å². The van der Waals surface area contributed by atoms with Gasteiger partial charge in [-0.2, -0.15) is 5.26 Å². The molecule has 2 aromatic rings. The van der Waals surface area contributed by atoms with E-state index < -0.39 is 0 Å². The van der Waals surface area contributed by atoms with Crippen molar-refractivity contribution in [1.82, 2.24) is 15.0 Å². The molecule has 1 aromatic carbocycles. The first-order valence-electron chi connectivity index (χ1n) is 6.19. The summed E-state index contributed by atoms with van der Waals surface area (Å²) in [4.78, 5) is 0. The summed E-state index contributed by atoms with van der Waals surface area (Å²) in [6.45, 7) is 4.72. The zero-order valence-corrected chi connectivity index (χ0v) is 11.1. The van der Waals surface area contributed by atoms with Gasteiger partial charge in [0.2, 0.25) is 0 Å². The predicted octanol–water partition coefficient (Wildman–Crippen LogP) is 1.82. The molecule has 0 aliphatic rings. The number of aromatic nitrogens is 3. The van der Waals surface area contributed by atoms with Crippen molar-refractivity contribution in [2.45, 2.75) is 26.8 Å². The number of aryl methyl sites for hydroxylation is 3. The van der Waals surface area contributed by atoms with Crippen LogP contribution in [0, 0.1) is 25.2 Å². The first kappa shape index (κ1) is 13.2. The van der Waals surface area contributed by atoms with Crippen molar-refractivity contribution < 1.29 is 5.11 Å². The van der Waals surface area contributed by atoms with Gasteiger partial charge in [0, 0.05) is 18.7 Å². The molecule has 0 amide bonds. The molecule has 0 spiro atoms. The van der Waals surface area contributed by atoms with Gasteiger partial charge < -0.3 is 5.11 Å². The number of aliphatic hydroxyl groups is 1. The SMILES string of the molecule is Cc1ccc(-c2c(C#N)nnn2CCCO)cc1C. The lowest BCUT2D eigenvalue weighted by atomic mass is 10.0. The van der Waals surface area contributed by atoms with E-state index in [0.717, 1.165) is 16.8 Å². The standard InChI is InChI=1S/C14H16N4O/c1-10-4-5-12(8-11(10)2)14-13(9-15)16-17-18(14)6-3-7-19/h4-5,8,19H,3,6-7H2,1-2H3. The normalized spacial score (nSPS) is 10.4. The summed E-state index contributed by atoms with van der Waals surface area (Å²) in [5.74, 6) is 0. The molecule has 1 heterocycles. The molecule has 0 fully saturated rings. The summed E-state index contributed by atoms with van der Waals surface area (Å²) in [5, 5.41) is 25.9. The maximum Gasteiger partial charge on any atom is 0.190 e. The van der Waals surface area contributed by atoms with Gasteiger partial charge in [0.05, 0.1) is 0 Å². The molecule has 5 nitrogen and oxygen atoms in total. The predicted molar refractivity (Wildman–Crippen MR) is 71.3 cm³/mol. The highest BCUT2D eigenvalue weighted by atomic mass is 16.3. The molecule has 19 heavy (non-hydrogen) atoms. The molecule has 0 unspecified atom stereocenters. The summed E-state index contributed by atoms with van der Waals surface area (Å²) in [6.07, 6.45) is 0.589. The molecule has 2 rings (SSSR count). The molecule has 0 radical (unpaired) electrons. The number of hydrogen-bond acceptors (Lipinski definition) is 4. The molecule has 0 aliphatic carbocycles. The Morgan fingerprint density at radius 1 is 1.32 bits per heavy atom. The highest BCUT2D eigenvalue weighted by Gasteiger charge is 2.14. The van der Waals surface area contributed by atoms with Gasteiger partial charge in [-0.25, -0.2) is 4.68 Å². The fourth-order valence-corrected chi connectivity index (χ4v) is 1.94. The summed E-state index contributed by atoms with van der Waals surface area (Å²) in [6, 6.07) is 8.09. The van der Waals surface area contributed by atoms with Crippen molar-refractivity contribution in [3.05, 3.63) is 35.0 Å². The minimum absolute atomic E-state index is 0.0914. The number of aliphatic hydroxyl groups excluding tert-OH is 1. The van der Waals surface area contributed by atoms with Crippen molar-refractivity contribution in [1.29, 1.82) is 5.26 Å². The van der Waals surface area contributed by atoms with E-state index in [1.807, 2.05) is 32.0 Å². The molecular formula is C14H16N4O. The highest BCUT2D eigenvalue weighted by Crippen LogP contribution is 2.24. The fourth-order valence-electron chi connectivity index (χ4n) is 1.94. The van der Waals surface area contributed by atoms with Gasteiger partial charge in [-0.15, -0.1) is 5.10 Å². The van der Waals surface area contributed by atoms with Gasteiger partial charge in [-0.05, 0) is 37.5 Å².